The normalized spacial score (nSPS) is 18.7. The number of aromatic nitrogens is 3. The van der Waals surface area contributed by atoms with E-state index in [1.807, 2.05) is 4.68 Å². The van der Waals surface area contributed by atoms with Gasteiger partial charge in [0, 0.05) is 19.6 Å². The van der Waals surface area contributed by atoms with Crippen LogP contribution in [0.1, 0.15) is 44.9 Å². The number of aliphatic hydroxyl groups is 1. The Balaban J connectivity index is 1.99. The fourth-order valence-electron chi connectivity index (χ4n) is 2.89. The van der Waals surface area contributed by atoms with Gasteiger partial charge >= 0.3 is 0 Å². The summed E-state index contributed by atoms with van der Waals surface area (Å²) in [5, 5.41) is 13.8. The third kappa shape index (κ3) is 3.06. The van der Waals surface area contributed by atoms with Crippen LogP contribution in [0.5, 0.6) is 0 Å². The molecule has 4 nitrogen and oxygen atoms in total. The van der Waals surface area contributed by atoms with Crippen LogP contribution in [0, 0.1) is 11.8 Å². The Morgan fingerprint density at radius 1 is 1.47 bits per heavy atom. The van der Waals surface area contributed by atoms with E-state index in [1.165, 1.54) is 25.7 Å². The number of hydrogen-bond donors (Lipinski definition) is 1. The number of hydrogen-bond acceptors (Lipinski definition) is 3. The summed E-state index contributed by atoms with van der Waals surface area (Å²) in [6.07, 6.45) is 8.77. The van der Waals surface area contributed by atoms with Crippen LogP contribution in [-0.4, -0.2) is 26.5 Å². The Hall–Kier alpha value is -0.900. The molecular weight excluding hydrogens is 214 g/mol. The molecule has 0 aromatic carbocycles. The molecule has 2 rings (SSSR count). The van der Waals surface area contributed by atoms with Gasteiger partial charge in [0.25, 0.3) is 0 Å². The molecular formula is C13H23N3O. The third-order valence-corrected chi connectivity index (χ3v) is 3.88. The number of rotatable bonds is 6. The van der Waals surface area contributed by atoms with Crippen LogP contribution < -0.4 is 0 Å². The highest BCUT2D eigenvalue weighted by molar-refractivity contribution is 4.90. The minimum atomic E-state index is 0.281. The van der Waals surface area contributed by atoms with Gasteiger partial charge in [0.1, 0.15) is 12.2 Å². The predicted molar refractivity (Wildman–Crippen MR) is 66.6 cm³/mol. The first-order valence-corrected chi connectivity index (χ1v) is 6.82. The highest BCUT2D eigenvalue weighted by atomic mass is 16.3. The number of aryl methyl sites for hydroxylation is 1. The molecule has 0 bridgehead atoms. The molecule has 1 heterocycles. The Morgan fingerprint density at radius 2 is 2.24 bits per heavy atom. The van der Waals surface area contributed by atoms with Crippen molar-refractivity contribution in [2.45, 2.75) is 52.0 Å². The van der Waals surface area contributed by atoms with Crippen LogP contribution in [0.4, 0.5) is 0 Å². The van der Waals surface area contributed by atoms with Crippen molar-refractivity contribution >= 4 is 0 Å². The van der Waals surface area contributed by atoms with Crippen LogP contribution in [0.25, 0.3) is 0 Å². The standard InChI is InChI=1S/C13H23N3O/c1-2-7-16-13(14-10-15-16)8-12(9-17)11-5-3-4-6-11/h10-12,17H,2-9H2,1H3. The number of aliphatic hydroxyl groups excluding tert-OH is 1. The lowest BCUT2D eigenvalue weighted by Gasteiger charge is -2.20. The van der Waals surface area contributed by atoms with E-state index < -0.39 is 0 Å². The van der Waals surface area contributed by atoms with E-state index in [0.29, 0.717) is 11.8 Å². The van der Waals surface area contributed by atoms with Gasteiger partial charge in [0.2, 0.25) is 0 Å². The summed E-state index contributed by atoms with van der Waals surface area (Å²) in [6, 6.07) is 0. The maximum atomic E-state index is 9.55. The average Bonchev–Trinajstić information content (AvgIpc) is 2.97. The summed E-state index contributed by atoms with van der Waals surface area (Å²) in [5.74, 6) is 2.10. The van der Waals surface area contributed by atoms with E-state index in [0.717, 1.165) is 25.2 Å². The van der Waals surface area contributed by atoms with Gasteiger partial charge < -0.3 is 5.11 Å². The summed E-state index contributed by atoms with van der Waals surface area (Å²) in [5.41, 5.74) is 0. The second-order valence-corrected chi connectivity index (χ2v) is 5.09. The fourth-order valence-corrected chi connectivity index (χ4v) is 2.89. The van der Waals surface area contributed by atoms with Crippen LogP contribution in [0.2, 0.25) is 0 Å². The molecule has 96 valence electrons. The summed E-state index contributed by atoms with van der Waals surface area (Å²) >= 11 is 0. The Kier molecular flexibility index (Phi) is 4.54. The van der Waals surface area contributed by atoms with Crippen molar-refractivity contribution in [2.24, 2.45) is 11.8 Å². The van der Waals surface area contributed by atoms with Gasteiger partial charge in [-0.05, 0) is 18.3 Å². The fraction of sp³-hybridized carbons (Fsp3) is 0.846. The second-order valence-electron chi connectivity index (χ2n) is 5.09. The van der Waals surface area contributed by atoms with Gasteiger partial charge in [-0.2, -0.15) is 5.10 Å². The van der Waals surface area contributed by atoms with Gasteiger partial charge in [0.15, 0.2) is 0 Å². The second kappa shape index (κ2) is 6.15. The highest BCUT2D eigenvalue weighted by Gasteiger charge is 2.25. The Morgan fingerprint density at radius 3 is 2.88 bits per heavy atom. The van der Waals surface area contributed by atoms with Crippen molar-refractivity contribution in [2.75, 3.05) is 6.61 Å². The van der Waals surface area contributed by atoms with E-state index in [4.69, 9.17) is 0 Å². The number of nitrogens with zero attached hydrogens (tertiary/aromatic N) is 3. The quantitative estimate of drug-likeness (QED) is 0.823. The van der Waals surface area contributed by atoms with Gasteiger partial charge in [-0.3, -0.25) is 4.68 Å². The monoisotopic (exact) mass is 237 g/mol. The lowest BCUT2D eigenvalue weighted by atomic mass is 9.88. The first-order valence-electron chi connectivity index (χ1n) is 6.82. The lowest BCUT2D eigenvalue weighted by Crippen LogP contribution is -2.21. The minimum Gasteiger partial charge on any atom is -0.396 e. The molecule has 1 saturated carbocycles. The van der Waals surface area contributed by atoms with Crippen molar-refractivity contribution in [3.05, 3.63) is 12.2 Å². The van der Waals surface area contributed by atoms with E-state index in [2.05, 4.69) is 17.0 Å². The van der Waals surface area contributed by atoms with Crippen LogP contribution in [0.3, 0.4) is 0 Å². The smallest absolute Gasteiger partial charge is 0.138 e. The van der Waals surface area contributed by atoms with Gasteiger partial charge in [-0.1, -0.05) is 32.6 Å². The minimum absolute atomic E-state index is 0.281. The lowest BCUT2D eigenvalue weighted by molar-refractivity contribution is 0.172. The molecule has 4 heteroatoms. The first-order chi connectivity index (χ1) is 8.35. The van der Waals surface area contributed by atoms with E-state index in [-0.39, 0.29) is 6.61 Å². The molecule has 0 radical (unpaired) electrons. The van der Waals surface area contributed by atoms with Crippen molar-refractivity contribution in [3.8, 4) is 0 Å². The zero-order valence-electron chi connectivity index (χ0n) is 10.7. The van der Waals surface area contributed by atoms with Crippen LogP contribution in [-0.2, 0) is 13.0 Å². The molecule has 1 aromatic rings. The van der Waals surface area contributed by atoms with Crippen molar-refractivity contribution < 1.29 is 5.11 Å². The Labute approximate surface area is 103 Å². The van der Waals surface area contributed by atoms with E-state index in [1.54, 1.807) is 6.33 Å². The van der Waals surface area contributed by atoms with Gasteiger partial charge in [0.05, 0.1) is 0 Å². The maximum Gasteiger partial charge on any atom is 0.138 e. The van der Waals surface area contributed by atoms with E-state index >= 15 is 0 Å². The highest BCUT2D eigenvalue weighted by Crippen LogP contribution is 2.32. The first kappa shape index (κ1) is 12.6. The summed E-state index contributed by atoms with van der Waals surface area (Å²) in [6.45, 7) is 3.35. The molecule has 17 heavy (non-hydrogen) atoms. The average molecular weight is 237 g/mol. The van der Waals surface area contributed by atoms with Gasteiger partial charge in [-0.25, -0.2) is 4.98 Å². The predicted octanol–water partition coefficient (Wildman–Crippen LogP) is 2.03. The summed E-state index contributed by atoms with van der Waals surface area (Å²) in [7, 11) is 0. The molecule has 0 spiro atoms. The summed E-state index contributed by atoms with van der Waals surface area (Å²) < 4.78 is 1.98. The molecule has 1 aliphatic rings. The van der Waals surface area contributed by atoms with Crippen LogP contribution >= 0.6 is 0 Å². The van der Waals surface area contributed by atoms with Crippen molar-refractivity contribution in [1.29, 1.82) is 0 Å². The molecule has 1 aromatic heterocycles. The van der Waals surface area contributed by atoms with E-state index in [9.17, 15) is 5.11 Å². The zero-order chi connectivity index (χ0) is 12.1. The van der Waals surface area contributed by atoms with Gasteiger partial charge in [-0.15, -0.1) is 0 Å². The summed E-state index contributed by atoms with van der Waals surface area (Å²) in [4.78, 5) is 4.33. The van der Waals surface area contributed by atoms with Crippen molar-refractivity contribution in [1.82, 2.24) is 14.8 Å². The Bertz CT molecular complexity index is 331. The molecule has 0 saturated heterocycles. The molecule has 1 N–H and O–H groups in total. The molecule has 1 atom stereocenters. The molecule has 1 aliphatic carbocycles. The zero-order valence-corrected chi connectivity index (χ0v) is 10.7. The maximum absolute atomic E-state index is 9.55. The third-order valence-electron chi connectivity index (χ3n) is 3.88. The van der Waals surface area contributed by atoms with Crippen LogP contribution in [0.15, 0.2) is 6.33 Å². The van der Waals surface area contributed by atoms with Crippen molar-refractivity contribution in [3.63, 3.8) is 0 Å². The molecule has 0 aliphatic heterocycles. The molecule has 0 amide bonds. The topological polar surface area (TPSA) is 50.9 Å². The SMILES string of the molecule is CCCn1ncnc1CC(CO)C1CCCC1. The molecule has 1 unspecified atom stereocenters. The largest absolute Gasteiger partial charge is 0.396 e. The molecule has 1 fully saturated rings.